The molecule has 0 aliphatic heterocycles. The van der Waals surface area contributed by atoms with E-state index in [4.69, 9.17) is 23.7 Å². The van der Waals surface area contributed by atoms with Crippen molar-refractivity contribution < 1.29 is 4.79 Å². The van der Waals surface area contributed by atoms with Crippen LogP contribution in [0, 0.1) is 12.8 Å². The molecule has 0 radical (unpaired) electrons. The van der Waals surface area contributed by atoms with Gasteiger partial charge in [0, 0.05) is 5.69 Å². The summed E-state index contributed by atoms with van der Waals surface area (Å²) in [7, 11) is 0. The molecular weight excluding hydrogens is 248 g/mol. The van der Waals surface area contributed by atoms with Crippen molar-refractivity contribution >= 4 is 28.9 Å². The van der Waals surface area contributed by atoms with Crippen LogP contribution in [0.15, 0.2) is 12.1 Å². The van der Waals surface area contributed by atoms with Gasteiger partial charge in [0.2, 0.25) is 5.91 Å². The van der Waals surface area contributed by atoms with E-state index < -0.39 is 11.9 Å². The molecule has 0 aliphatic carbocycles. The second kappa shape index (κ2) is 5.77. The van der Waals surface area contributed by atoms with Gasteiger partial charge in [-0.25, -0.2) is 4.98 Å². The quantitative estimate of drug-likeness (QED) is 0.690. The van der Waals surface area contributed by atoms with Crippen LogP contribution in [0.4, 0.5) is 5.82 Å². The zero-order valence-electron chi connectivity index (χ0n) is 10.7. The molecule has 18 heavy (non-hydrogen) atoms. The number of thiocarbonyl (C=S) groups is 1. The van der Waals surface area contributed by atoms with Gasteiger partial charge in [-0.3, -0.25) is 4.79 Å². The molecule has 0 aromatic carbocycles. The summed E-state index contributed by atoms with van der Waals surface area (Å²) in [6.07, 6.45) is 0. The lowest BCUT2D eigenvalue weighted by molar-refractivity contribution is -0.119. The predicted molar refractivity (Wildman–Crippen MR) is 76.3 cm³/mol. The SMILES string of the molecule is Cc1ccc(C(N)=S)c(NC(C(N)=O)C(C)C)n1. The number of nitrogens with two attached hydrogens (primary N) is 2. The maximum absolute atomic E-state index is 11.4. The van der Waals surface area contributed by atoms with E-state index >= 15 is 0 Å². The fourth-order valence-corrected chi connectivity index (χ4v) is 1.74. The van der Waals surface area contributed by atoms with Crippen LogP contribution >= 0.6 is 12.2 Å². The second-order valence-electron chi connectivity index (χ2n) is 4.48. The second-order valence-corrected chi connectivity index (χ2v) is 4.92. The highest BCUT2D eigenvalue weighted by atomic mass is 32.1. The van der Waals surface area contributed by atoms with Crippen molar-refractivity contribution in [1.82, 2.24) is 4.98 Å². The molecule has 1 aromatic heterocycles. The molecule has 0 fully saturated rings. The van der Waals surface area contributed by atoms with E-state index in [-0.39, 0.29) is 10.9 Å². The molecular formula is C12H18N4OS. The normalized spacial score (nSPS) is 12.2. The van der Waals surface area contributed by atoms with Crippen molar-refractivity contribution in [2.45, 2.75) is 26.8 Å². The molecule has 5 N–H and O–H groups in total. The Morgan fingerprint density at radius 1 is 1.39 bits per heavy atom. The van der Waals surface area contributed by atoms with Crippen molar-refractivity contribution in [2.24, 2.45) is 17.4 Å². The van der Waals surface area contributed by atoms with Crippen molar-refractivity contribution in [3.63, 3.8) is 0 Å². The molecule has 98 valence electrons. The summed E-state index contributed by atoms with van der Waals surface area (Å²) >= 11 is 4.96. The molecule has 1 amide bonds. The van der Waals surface area contributed by atoms with Crippen LogP contribution in [0.5, 0.6) is 0 Å². The summed E-state index contributed by atoms with van der Waals surface area (Å²) in [6.45, 7) is 5.65. The average Bonchev–Trinajstić information content (AvgIpc) is 2.24. The summed E-state index contributed by atoms with van der Waals surface area (Å²) in [5, 5.41) is 3.02. The van der Waals surface area contributed by atoms with Gasteiger partial charge in [0.25, 0.3) is 0 Å². The van der Waals surface area contributed by atoms with Gasteiger partial charge in [-0.15, -0.1) is 0 Å². The van der Waals surface area contributed by atoms with Crippen LogP contribution in [0.2, 0.25) is 0 Å². The fraction of sp³-hybridized carbons (Fsp3) is 0.417. The Bertz CT molecular complexity index is 473. The Hall–Kier alpha value is -1.69. The number of amides is 1. The summed E-state index contributed by atoms with van der Waals surface area (Å²) in [4.78, 5) is 15.9. The number of primary amides is 1. The van der Waals surface area contributed by atoms with Crippen molar-refractivity contribution in [3.05, 3.63) is 23.4 Å². The number of anilines is 1. The zero-order valence-corrected chi connectivity index (χ0v) is 11.5. The number of aromatic nitrogens is 1. The summed E-state index contributed by atoms with van der Waals surface area (Å²) in [6, 6.07) is 3.09. The highest BCUT2D eigenvalue weighted by molar-refractivity contribution is 7.80. The smallest absolute Gasteiger partial charge is 0.240 e. The van der Waals surface area contributed by atoms with Gasteiger partial charge in [-0.05, 0) is 25.0 Å². The number of carbonyl (C=O) groups excluding carboxylic acids is 1. The number of carbonyl (C=O) groups is 1. The minimum Gasteiger partial charge on any atom is -0.389 e. The van der Waals surface area contributed by atoms with E-state index in [2.05, 4.69) is 10.3 Å². The summed E-state index contributed by atoms with van der Waals surface area (Å²) in [5.74, 6) is 0.117. The molecule has 1 aromatic rings. The highest BCUT2D eigenvalue weighted by Gasteiger charge is 2.21. The lowest BCUT2D eigenvalue weighted by Crippen LogP contribution is -2.40. The number of pyridine rings is 1. The van der Waals surface area contributed by atoms with Gasteiger partial charge in [0.1, 0.15) is 16.8 Å². The number of rotatable bonds is 5. The fourth-order valence-electron chi connectivity index (χ4n) is 1.58. The van der Waals surface area contributed by atoms with E-state index in [1.54, 1.807) is 6.07 Å². The van der Waals surface area contributed by atoms with E-state index in [1.807, 2.05) is 26.8 Å². The first-order chi connectivity index (χ1) is 8.32. The van der Waals surface area contributed by atoms with Crippen LogP contribution < -0.4 is 16.8 Å². The Morgan fingerprint density at radius 3 is 2.44 bits per heavy atom. The van der Waals surface area contributed by atoms with E-state index in [9.17, 15) is 4.79 Å². The van der Waals surface area contributed by atoms with E-state index in [1.165, 1.54) is 0 Å². The Balaban J connectivity index is 3.12. The number of nitrogens with one attached hydrogen (secondary N) is 1. The van der Waals surface area contributed by atoms with Crippen molar-refractivity contribution in [3.8, 4) is 0 Å². The molecule has 0 bridgehead atoms. The number of aryl methyl sites for hydroxylation is 1. The van der Waals surface area contributed by atoms with Crippen molar-refractivity contribution in [2.75, 3.05) is 5.32 Å². The predicted octanol–water partition coefficient (Wildman–Crippen LogP) is 0.946. The first kappa shape index (κ1) is 14.4. The Morgan fingerprint density at radius 2 is 2.00 bits per heavy atom. The standard InChI is InChI=1S/C12H18N4OS/c1-6(2)9(10(13)17)16-12-8(11(14)18)5-4-7(3)15-12/h4-6,9H,1-3H3,(H2,13,17)(H2,14,18)(H,15,16). The van der Waals surface area contributed by atoms with Gasteiger partial charge in [0.15, 0.2) is 0 Å². The lowest BCUT2D eigenvalue weighted by Gasteiger charge is -2.21. The molecule has 0 saturated heterocycles. The van der Waals surface area contributed by atoms with Crippen LogP contribution in [0.25, 0.3) is 0 Å². The number of nitrogens with zero attached hydrogens (tertiary/aromatic N) is 1. The molecule has 0 aliphatic rings. The van der Waals surface area contributed by atoms with Gasteiger partial charge >= 0.3 is 0 Å². The van der Waals surface area contributed by atoms with Crippen LogP contribution in [-0.2, 0) is 4.79 Å². The average molecular weight is 266 g/mol. The van der Waals surface area contributed by atoms with Crippen LogP contribution in [0.1, 0.15) is 25.1 Å². The third-order valence-electron chi connectivity index (χ3n) is 2.57. The molecule has 1 heterocycles. The topological polar surface area (TPSA) is 94.0 Å². The third-order valence-corrected chi connectivity index (χ3v) is 2.79. The minimum atomic E-state index is -0.507. The number of hydrogen-bond acceptors (Lipinski definition) is 4. The van der Waals surface area contributed by atoms with E-state index in [0.717, 1.165) is 5.69 Å². The molecule has 6 heteroatoms. The van der Waals surface area contributed by atoms with Crippen LogP contribution in [-0.4, -0.2) is 21.9 Å². The molecule has 1 rings (SSSR count). The maximum atomic E-state index is 11.4. The van der Waals surface area contributed by atoms with Gasteiger partial charge in [-0.1, -0.05) is 26.1 Å². The molecule has 0 saturated carbocycles. The molecule has 1 atom stereocenters. The highest BCUT2D eigenvalue weighted by Crippen LogP contribution is 2.17. The third kappa shape index (κ3) is 3.40. The zero-order chi connectivity index (χ0) is 13.9. The maximum Gasteiger partial charge on any atom is 0.240 e. The molecule has 5 nitrogen and oxygen atoms in total. The Kier molecular flexibility index (Phi) is 4.61. The first-order valence-electron chi connectivity index (χ1n) is 5.66. The largest absolute Gasteiger partial charge is 0.389 e. The van der Waals surface area contributed by atoms with Gasteiger partial charge in [-0.2, -0.15) is 0 Å². The summed E-state index contributed by atoms with van der Waals surface area (Å²) < 4.78 is 0. The monoisotopic (exact) mass is 266 g/mol. The molecule has 1 unspecified atom stereocenters. The number of hydrogen-bond donors (Lipinski definition) is 3. The minimum absolute atomic E-state index is 0.0454. The Labute approximate surface area is 112 Å². The van der Waals surface area contributed by atoms with Gasteiger partial charge in [0.05, 0.1) is 5.56 Å². The van der Waals surface area contributed by atoms with Crippen LogP contribution in [0.3, 0.4) is 0 Å². The summed E-state index contributed by atoms with van der Waals surface area (Å²) in [5.41, 5.74) is 12.4. The van der Waals surface area contributed by atoms with Gasteiger partial charge < -0.3 is 16.8 Å². The molecule has 0 spiro atoms. The van der Waals surface area contributed by atoms with E-state index in [0.29, 0.717) is 11.4 Å². The van der Waals surface area contributed by atoms with Crippen molar-refractivity contribution in [1.29, 1.82) is 0 Å². The lowest BCUT2D eigenvalue weighted by atomic mass is 10.0. The first-order valence-corrected chi connectivity index (χ1v) is 6.07.